The number of aliphatic carboxylic acids is 1. The zero-order valence-corrected chi connectivity index (χ0v) is 13.0. The maximum absolute atomic E-state index is 12.2. The molecule has 0 saturated heterocycles. The van der Waals surface area contributed by atoms with Crippen molar-refractivity contribution >= 4 is 22.6 Å². The van der Waals surface area contributed by atoms with Gasteiger partial charge in [-0.1, -0.05) is 57.2 Å². The minimum Gasteiger partial charge on any atom is -0.479 e. The fraction of sp³-hybridized carbons (Fsp3) is 0.333. The number of carbonyl (C=O) groups excluding carboxylic acids is 1. The van der Waals surface area contributed by atoms with Crippen LogP contribution in [0.5, 0.6) is 0 Å². The number of amides is 1. The number of hydrogen-bond acceptors (Lipinski definition) is 2. The summed E-state index contributed by atoms with van der Waals surface area (Å²) >= 11 is 0. The Balaban J connectivity index is 2.30. The number of carboxylic acids is 1. The van der Waals surface area contributed by atoms with Crippen LogP contribution in [0.25, 0.3) is 10.8 Å². The van der Waals surface area contributed by atoms with Crippen LogP contribution in [0.2, 0.25) is 0 Å². The van der Waals surface area contributed by atoms with Crippen LogP contribution in [-0.2, 0) is 9.59 Å². The average Bonchev–Trinajstić information content (AvgIpc) is 2.50. The molecule has 1 amide bonds. The zero-order chi connectivity index (χ0) is 16.3. The molecule has 2 aromatic rings. The maximum Gasteiger partial charge on any atom is 0.330 e. The lowest BCUT2D eigenvalue weighted by atomic mass is 9.96. The molecule has 116 valence electrons. The van der Waals surface area contributed by atoms with Gasteiger partial charge in [0.1, 0.15) is 0 Å². The lowest BCUT2D eigenvalue weighted by Crippen LogP contribution is -2.38. The third-order valence-corrected chi connectivity index (χ3v) is 4.05. The Morgan fingerprint density at radius 2 is 1.64 bits per heavy atom. The summed E-state index contributed by atoms with van der Waals surface area (Å²) in [6, 6.07) is 12.1. The first-order chi connectivity index (χ1) is 10.4. The highest BCUT2D eigenvalue weighted by Crippen LogP contribution is 2.22. The Morgan fingerprint density at radius 1 is 1.00 bits per heavy atom. The molecule has 0 aliphatic heterocycles. The molecule has 2 rings (SSSR count). The molecule has 4 heteroatoms. The van der Waals surface area contributed by atoms with Crippen molar-refractivity contribution in [3.63, 3.8) is 0 Å². The molecule has 0 radical (unpaired) electrons. The van der Waals surface area contributed by atoms with E-state index in [1.165, 1.54) is 0 Å². The second-order valence-electron chi connectivity index (χ2n) is 5.92. The van der Waals surface area contributed by atoms with Crippen LogP contribution in [0, 0.1) is 11.8 Å². The topological polar surface area (TPSA) is 66.4 Å². The van der Waals surface area contributed by atoms with E-state index in [-0.39, 0.29) is 17.7 Å². The van der Waals surface area contributed by atoms with Gasteiger partial charge in [-0.05, 0) is 28.3 Å². The van der Waals surface area contributed by atoms with Crippen molar-refractivity contribution in [2.75, 3.05) is 0 Å². The summed E-state index contributed by atoms with van der Waals surface area (Å²) in [4.78, 5) is 23.7. The number of rotatable bonds is 5. The molecule has 2 N–H and O–H groups in total. The van der Waals surface area contributed by atoms with Gasteiger partial charge in [-0.3, -0.25) is 4.79 Å². The summed E-state index contributed by atoms with van der Waals surface area (Å²) in [6.45, 7) is 5.69. The van der Waals surface area contributed by atoms with Gasteiger partial charge in [0.05, 0.1) is 0 Å². The van der Waals surface area contributed by atoms with Crippen LogP contribution in [0.1, 0.15) is 32.4 Å². The molecule has 0 aliphatic rings. The van der Waals surface area contributed by atoms with E-state index >= 15 is 0 Å². The Kier molecular flexibility index (Phi) is 4.81. The first-order valence-corrected chi connectivity index (χ1v) is 7.42. The van der Waals surface area contributed by atoms with Gasteiger partial charge < -0.3 is 10.4 Å². The SMILES string of the molecule is CC(C)C(C)C(=O)NC(C(=O)O)c1ccc2ccccc2c1. The molecule has 0 bridgehead atoms. The molecule has 22 heavy (non-hydrogen) atoms. The van der Waals surface area contributed by atoms with E-state index in [2.05, 4.69) is 5.32 Å². The van der Waals surface area contributed by atoms with Gasteiger partial charge in [0.2, 0.25) is 5.91 Å². The fourth-order valence-corrected chi connectivity index (χ4v) is 2.25. The van der Waals surface area contributed by atoms with Crippen molar-refractivity contribution in [2.45, 2.75) is 26.8 Å². The highest BCUT2D eigenvalue weighted by atomic mass is 16.4. The third kappa shape index (κ3) is 3.45. The van der Waals surface area contributed by atoms with Crippen LogP contribution in [0.15, 0.2) is 42.5 Å². The molecule has 2 unspecified atom stereocenters. The standard InChI is InChI=1S/C18H21NO3/c1-11(2)12(3)17(20)19-16(18(21)22)15-9-8-13-6-4-5-7-14(13)10-15/h4-12,16H,1-3H3,(H,19,20)(H,21,22). The minimum absolute atomic E-state index is 0.158. The second-order valence-corrected chi connectivity index (χ2v) is 5.92. The monoisotopic (exact) mass is 299 g/mol. The van der Waals surface area contributed by atoms with Crippen molar-refractivity contribution in [3.8, 4) is 0 Å². The number of fused-ring (bicyclic) bond motifs is 1. The van der Waals surface area contributed by atoms with Gasteiger partial charge in [-0.2, -0.15) is 0 Å². The molecule has 0 aliphatic carbocycles. The highest BCUT2D eigenvalue weighted by Gasteiger charge is 2.25. The quantitative estimate of drug-likeness (QED) is 0.889. The predicted molar refractivity (Wildman–Crippen MR) is 86.5 cm³/mol. The summed E-state index contributed by atoms with van der Waals surface area (Å²) < 4.78 is 0. The lowest BCUT2D eigenvalue weighted by Gasteiger charge is -2.20. The molecule has 2 atom stereocenters. The minimum atomic E-state index is -1.06. The van der Waals surface area contributed by atoms with E-state index in [0.29, 0.717) is 5.56 Å². The molecule has 0 heterocycles. The smallest absolute Gasteiger partial charge is 0.330 e. The summed E-state index contributed by atoms with van der Waals surface area (Å²) in [7, 11) is 0. The first-order valence-electron chi connectivity index (χ1n) is 7.42. The summed E-state index contributed by atoms with van der Waals surface area (Å²) in [5.41, 5.74) is 0.579. The number of carboxylic acid groups (broad SMARTS) is 1. The van der Waals surface area contributed by atoms with E-state index in [9.17, 15) is 14.7 Å². The third-order valence-electron chi connectivity index (χ3n) is 4.05. The highest BCUT2D eigenvalue weighted by molar-refractivity contribution is 5.88. The first kappa shape index (κ1) is 16.0. The van der Waals surface area contributed by atoms with Gasteiger partial charge in [-0.25, -0.2) is 4.79 Å². The predicted octanol–water partition coefficient (Wildman–Crippen LogP) is 3.37. The largest absolute Gasteiger partial charge is 0.479 e. The van der Waals surface area contributed by atoms with Crippen molar-refractivity contribution in [1.82, 2.24) is 5.32 Å². The van der Waals surface area contributed by atoms with E-state index in [1.807, 2.05) is 50.2 Å². The van der Waals surface area contributed by atoms with Gasteiger partial charge in [0.15, 0.2) is 6.04 Å². The summed E-state index contributed by atoms with van der Waals surface area (Å²) in [6.07, 6.45) is 0. The zero-order valence-electron chi connectivity index (χ0n) is 13.0. The molecule has 2 aromatic carbocycles. The molecule has 0 saturated carbocycles. The van der Waals surface area contributed by atoms with Gasteiger partial charge in [0, 0.05) is 5.92 Å². The molecule has 4 nitrogen and oxygen atoms in total. The molecular weight excluding hydrogens is 278 g/mol. The van der Waals surface area contributed by atoms with Crippen LogP contribution >= 0.6 is 0 Å². The van der Waals surface area contributed by atoms with Crippen molar-refractivity contribution < 1.29 is 14.7 Å². The average molecular weight is 299 g/mol. The summed E-state index contributed by atoms with van der Waals surface area (Å²) in [5.74, 6) is -1.37. The van der Waals surface area contributed by atoms with Crippen LogP contribution in [0.3, 0.4) is 0 Å². The van der Waals surface area contributed by atoms with Crippen LogP contribution < -0.4 is 5.32 Å². The Hall–Kier alpha value is -2.36. The van der Waals surface area contributed by atoms with Crippen molar-refractivity contribution in [1.29, 1.82) is 0 Å². The molecule has 0 aromatic heterocycles. The fourth-order valence-electron chi connectivity index (χ4n) is 2.25. The number of benzene rings is 2. The van der Waals surface area contributed by atoms with E-state index in [1.54, 1.807) is 13.0 Å². The van der Waals surface area contributed by atoms with Crippen molar-refractivity contribution in [3.05, 3.63) is 48.0 Å². The van der Waals surface area contributed by atoms with E-state index in [4.69, 9.17) is 0 Å². The van der Waals surface area contributed by atoms with Crippen LogP contribution in [-0.4, -0.2) is 17.0 Å². The van der Waals surface area contributed by atoms with Gasteiger partial charge >= 0.3 is 5.97 Å². The molecular formula is C18H21NO3. The molecule has 0 fully saturated rings. The van der Waals surface area contributed by atoms with E-state index in [0.717, 1.165) is 10.8 Å². The van der Waals surface area contributed by atoms with Crippen LogP contribution in [0.4, 0.5) is 0 Å². The number of carbonyl (C=O) groups is 2. The maximum atomic E-state index is 12.2. The Labute approximate surface area is 130 Å². The van der Waals surface area contributed by atoms with Gasteiger partial charge in [0.25, 0.3) is 0 Å². The Morgan fingerprint density at radius 3 is 2.23 bits per heavy atom. The number of nitrogens with one attached hydrogen (secondary N) is 1. The summed E-state index contributed by atoms with van der Waals surface area (Å²) in [5, 5.41) is 14.1. The van der Waals surface area contributed by atoms with E-state index < -0.39 is 12.0 Å². The molecule has 0 spiro atoms. The normalized spacial score (nSPS) is 13.8. The second kappa shape index (κ2) is 6.60. The number of hydrogen-bond donors (Lipinski definition) is 2. The van der Waals surface area contributed by atoms with Gasteiger partial charge in [-0.15, -0.1) is 0 Å². The van der Waals surface area contributed by atoms with Crippen molar-refractivity contribution in [2.24, 2.45) is 11.8 Å². The Bertz CT molecular complexity index is 694. The lowest BCUT2D eigenvalue weighted by molar-refractivity contribution is -0.142.